The Hall–Kier alpha value is -2.82. The van der Waals surface area contributed by atoms with Crippen LogP contribution in [-0.4, -0.2) is 57.3 Å². The number of alkyl halides is 3. The molecule has 0 spiro atoms. The molecule has 2 atom stereocenters. The molecule has 36 heavy (non-hydrogen) atoms. The highest BCUT2D eigenvalue weighted by Crippen LogP contribution is 2.36. The first kappa shape index (κ1) is 27.8. The number of hydrogen-bond acceptors (Lipinski definition) is 5. The number of halogens is 4. The molecule has 0 aliphatic carbocycles. The molecule has 2 unspecified atom stereocenters. The van der Waals surface area contributed by atoms with E-state index in [1.807, 2.05) is 11.8 Å². The number of benzene rings is 2. The van der Waals surface area contributed by atoms with Gasteiger partial charge in [0.15, 0.2) is 9.84 Å². The monoisotopic (exact) mass is 530 g/mol. The highest BCUT2D eigenvalue weighted by molar-refractivity contribution is 7.92. The minimum Gasteiger partial charge on any atom is -0.495 e. The van der Waals surface area contributed by atoms with Crippen LogP contribution >= 0.6 is 0 Å². The molecule has 0 saturated carbocycles. The fourth-order valence-electron chi connectivity index (χ4n) is 4.47. The molecule has 2 aromatic carbocycles. The molecular formula is C25H30F4N2O4S. The minimum absolute atomic E-state index is 0.0832. The van der Waals surface area contributed by atoms with Crippen molar-refractivity contribution in [3.8, 4) is 5.75 Å². The van der Waals surface area contributed by atoms with Crippen LogP contribution in [0.15, 0.2) is 41.3 Å². The molecule has 3 rings (SSSR count). The standard InChI is InChI=1S/C25H30F4N2O4S/c1-5-6-17(3)36(33,34)19-8-10-23(35-4)22(14-19)31-12-11-30(15-16(31)2)24(32)20-9-7-18(26)13-21(20)25(27,28)29/h7-10,13-14,16-17H,5-6,11-12,15H2,1-4H3. The second-order valence-corrected chi connectivity index (χ2v) is 11.3. The smallest absolute Gasteiger partial charge is 0.417 e. The number of piperazine rings is 1. The molecule has 11 heteroatoms. The van der Waals surface area contributed by atoms with E-state index in [9.17, 15) is 30.8 Å². The zero-order valence-electron chi connectivity index (χ0n) is 20.6. The van der Waals surface area contributed by atoms with Crippen molar-refractivity contribution in [1.29, 1.82) is 0 Å². The summed E-state index contributed by atoms with van der Waals surface area (Å²) in [5.41, 5.74) is -1.40. The fraction of sp³-hybridized carbons (Fsp3) is 0.480. The summed E-state index contributed by atoms with van der Waals surface area (Å²) in [5, 5.41) is -0.561. The third-order valence-corrected chi connectivity index (χ3v) is 8.65. The Balaban J connectivity index is 1.88. The number of rotatable bonds is 7. The van der Waals surface area contributed by atoms with Crippen molar-refractivity contribution in [2.45, 2.75) is 56.0 Å². The molecule has 0 bridgehead atoms. The van der Waals surface area contributed by atoms with E-state index in [0.717, 1.165) is 18.6 Å². The van der Waals surface area contributed by atoms with Crippen molar-refractivity contribution in [2.24, 2.45) is 0 Å². The summed E-state index contributed by atoms with van der Waals surface area (Å²) >= 11 is 0. The second kappa shape index (κ2) is 10.7. The Labute approximate surface area is 208 Å². The average Bonchev–Trinajstić information content (AvgIpc) is 2.82. The summed E-state index contributed by atoms with van der Waals surface area (Å²) in [4.78, 5) is 16.3. The summed E-state index contributed by atoms with van der Waals surface area (Å²) in [6.07, 6.45) is -3.64. The quantitative estimate of drug-likeness (QED) is 0.463. The summed E-state index contributed by atoms with van der Waals surface area (Å²) in [6, 6.07) is 6.28. The molecule has 1 heterocycles. The van der Waals surface area contributed by atoms with E-state index in [2.05, 4.69) is 0 Å². The van der Waals surface area contributed by atoms with E-state index in [1.54, 1.807) is 26.0 Å². The molecule has 0 radical (unpaired) electrons. The lowest BCUT2D eigenvalue weighted by Gasteiger charge is -2.42. The van der Waals surface area contributed by atoms with Gasteiger partial charge in [-0.1, -0.05) is 13.3 Å². The first-order valence-electron chi connectivity index (χ1n) is 11.7. The Morgan fingerprint density at radius 3 is 2.44 bits per heavy atom. The van der Waals surface area contributed by atoms with Crippen LogP contribution in [0.2, 0.25) is 0 Å². The molecule has 0 aromatic heterocycles. The first-order chi connectivity index (χ1) is 16.8. The van der Waals surface area contributed by atoms with Crippen molar-refractivity contribution in [1.82, 2.24) is 4.90 Å². The summed E-state index contributed by atoms with van der Waals surface area (Å²) in [6.45, 7) is 5.77. The molecule has 2 aromatic rings. The normalized spacial score (nSPS) is 17.7. The highest BCUT2D eigenvalue weighted by atomic mass is 32.2. The van der Waals surface area contributed by atoms with E-state index >= 15 is 0 Å². The molecule has 198 valence electrons. The van der Waals surface area contributed by atoms with Gasteiger partial charge in [0.05, 0.1) is 34.1 Å². The maximum atomic E-state index is 13.5. The third-order valence-electron chi connectivity index (χ3n) is 6.45. The van der Waals surface area contributed by atoms with E-state index < -0.39 is 44.1 Å². The first-order valence-corrected chi connectivity index (χ1v) is 13.2. The molecule has 1 amide bonds. The number of hydrogen-bond donors (Lipinski definition) is 0. The largest absolute Gasteiger partial charge is 0.495 e. The van der Waals surface area contributed by atoms with Gasteiger partial charge in [0.25, 0.3) is 5.91 Å². The number of sulfone groups is 1. The van der Waals surface area contributed by atoms with Gasteiger partial charge in [-0.2, -0.15) is 13.2 Å². The Kier molecular flexibility index (Phi) is 8.22. The van der Waals surface area contributed by atoms with Gasteiger partial charge in [0.2, 0.25) is 0 Å². The second-order valence-electron chi connectivity index (χ2n) is 8.96. The van der Waals surface area contributed by atoms with Gasteiger partial charge in [0, 0.05) is 25.7 Å². The van der Waals surface area contributed by atoms with Crippen LogP contribution in [0.25, 0.3) is 0 Å². The van der Waals surface area contributed by atoms with Gasteiger partial charge in [-0.05, 0) is 56.7 Å². The maximum absolute atomic E-state index is 13.5. The van der Waals surface area contributed by atoms with Crippen molar-refractivity contribution >= 4 is 21.4 Å². The lowest BCUT2D eigenvalue weighted by Crippen LogP contribution is -2.54. The number of carbonyl (C=O) groups excluding carboxylic acids is 1. The van der Waals surface area contributed by atoms with Crippen LogP contribution in [0.4, 0.5) is 23.2 Å². The Morgan fingerprint density at radius 2 is 1.86 bits per heavy atom. The van der Waals surface area contributed by atoms with Crippen molar-refractivity contribution in [3.63, 3.8) is 0 Å². The van der Waals surface area contributed by atoms with Crippen LogP contribution in [0, 0.1) is 5.82 Å². The Bertz CT molecular complexity index is 1220. The third kappa shape index (κ3) is 5.61. The number of ether oxygens (including phenoxy) is 1. The minimum atomic E-state index is -4.88. The fourth-order valence-corrected chi connectivity index (χ4v) is 6.02. The summed E-state index contributed by atoms with van der Waals surface area (Å²) in [7, 11) is -2.11. The van der Waals surface area contributed by atoms with Crippen molar-refractivity contribution < 1.29 is 35.5 Å². The zero-order chi connectivity index (χ0) is 26.8. The van der Waals surface area contributed by atoms with Crippen LogP contribution in [0.1, 0.15) is 49.5 Å². The number of carbonyl (C=O) groups is 1. The van der Waals surface area contributed by atoms with Crippen LogP contribution in [-0.2, 0) is 16.0 Å². The molecule has 1 aliphatic heterocycles. The number of nitrogens with zero attached hydrogens (tertiary/aromatic N) is 2. The predicted molar refractivity (Wildman–Crippen MR) is 129 cm³/mol. The van der Waals surface area contributed by atoms with E-state index in [0.29, 0.717) is 23.9 Å². The van der Waals surface area contributed by atoms with E-state index in [-0.39, 0.29) is 30.6 Å². The lowest BCUT2D eigenvalue weighted by atomic mass is 10.0. The molecule has 0 N–H and O–H groups in total. The zero-order valence-corrected chi connectivity index (χ0v) is 21.4. The summed E-state index contributed by atoms with van der Waals surface area (Å²) < 4.78 is 85.3. The van der Waals surface area contributed by atoms with Gasteiger partial charge >= 0.3 is 6.18 Å². The van der Waals surface area contributed by atoms with Crippen LogP contribution in [0.5, 0.6) is 5.75 Å². The predicted octanol–water partition coefficient (Wildman–Crippen LogP) is 5.17. The molecule has 1 fully saturated rings. The molecule has 1 saturated heterocycles. The SMILES string of the molecule is CCCC(C)S(=O)(=O)c1ccc(OC)c(N2CCN(C(=O)c3ccc(F)cc3C(F)(F)F)CC2C)c1. The van der Waals surface area contributed by atoms with E-state index in [1.165, 1.54) is 18.1 Å². The number of amides is 1. The molecule has 1 aliphatic rings. The Morgan fingerprint density at radius 1 is 1.17 bits per heavy atom. The topological polar surface area (TPSA) is 66.9 Å². The lowest BCUT2D eigenvalue weighted by molar-refractivity contribution is -0.138. The van der Waals surface area contributed by atoms with Gasteiger partial charge < -0.3 is 14.5 Å². The van der Waals surface area contributed by atoms with Gasteiger partial charge in [-0.3, -0.25) is 4.79 Å². The van der Waals surface area contributed by atoms with Gasteiger partial charge in [-0.15, -0.1) is 0 Å². The van der Waals surface area contributed by atoms with Crippen LogP contribution < -0.4 is 9.64 Å². The molecule has 6 nitrogen and oxygen atoms in total. The van der Waals surface area contributed by atoms with Gasteiger partial charge in [-0.25, -0.2) is 12.8 Å². The van der Waals surface area contributed by atoms with E-state index in [4.69, 9.17) is 4.74 Å². The van der Waals surface area contributed by atoms with Crippen LogP contribution in [0.3, 0.4) is 0 Å². The maximum Gasteiger partial charge on any atom is 0.417 e. The van der Waals surface area contributed by atoms with Gasteiger partial charge in [0.1, 0.15) is 11.6 Å². The molecular weight excluding hydrogens is 500 g/mol. The van der Waals surface area contributed by atoms with Crippen molar-refractivity contribution in [2.75, 3.05) is 31.6 Å². The highest BCUT2D eigenvalue weighted by Gasteiger charge is 2.38. The number of methoxy groups -OCH3 is 1. The average molecular weight is 531 g/mol. The number of anilines is 1. The van der Waals surface area contributed by atoms with Crippen molar-refractivity contribution in [3.05, 3.63) is 53.3 Å². The summed E-state index contributed by atoms with van der Waals surface area (Å²) in [5.74, 6) is -1.47.